The predicted octanol–water partition coefficient (Wildman–Crippen LogP) is 3.17. The van der Waals surface area contributed by atoms with E-state index in [1.54, 1.807) is 0 Å². The van der Waals surface area contributed by atoms with Gasteiger partial charge in [0.05, 0.1) is 6.04 Å². The van der Waals surface area contributed by atoms with Crippen LogP contribution in [-0.4, -0.2) is 54.5 Å². The molecule has 0 aromatic rings. The molecule has 1 amide bonds. The average molecular weight is 370 g/mol. The van der Waals surface area contributed by atoms with Gasteiger partial charge in [0.25, 0.3) is 0 Å². The molecule has 0 aromatic carbocycles. The van der Waals surface area contributed by atoms with Crippen LogP contribution in [0.1, 0.15) is 53.4 Å². The number of amides is 1. The first-order valence-corrected chi connectivity index (χ1v) is 8.59. The third-order valence-electron chi connectivity index (χ3n) is 4.70. The number of nitrogens with zero attached hydrogens (tertiary/aromatic N) is 2. The number of hydrogen-bond donors (Lipinski definition) is 1. The van der Waals surface area contributed by atoms with E-state index in [1.165, 1.54) is 19.3 Å². The molecule has 1 aliphatic rings. The van der Waals surface area contributed by atoms with Crippen molar-refractivity contribution < 1.29 is 4.79 Å². The normalized spacial score (nSPS) is 18.1. The smallest absolute Gasteiger partial charge is 0.239 e. The summed E-state index contributed by atoms with van der Waals surface area (Å²) >= 11 is 0. The molecule has 23 heavy (non-hydrogen) atoms. The first kappa shape index (κ1) is 25.2. The molecule has 0 bridgehead atoms. The molecule has 0 aliphatic carbocycles. The highest BCUT2D eigenvalue weighted by atomic mass is 35.5. The van der Waals surface area contributed by atoms with E-state index in [0.29, 0.717) is 11.8 Å². The fourth-order valence-corrected chi connectivity index (χ4v) is 3.07. The number of carbonyl (C=O) groups is 1. The summed E-state index contributed by atoms with van der Waals surface area (Å²) in [4.78, 5) is 17.1. The SMILES string of the molecule is CC(C)C(N)CCN(C)C(=O)C(C(C)C)N1CCCCC1.Cl.Cl. The number of piperidine rings is 1. The van der Waals surface area contributed by atoms with Crippen LogP contribution >= 0.6 is 24.8 Å². The maximum absolute atomic E-state index is 12.8. The lowest BCUT2D eigenvalue weighted by molar-refractivity contribution is -0.138. The third kappa shape index (κ3) is 8.06. The number of carbonyl (C=O) groups excluding carboxylic acids is 1. The zero-order valence-corrected chi connectivity index (χ0v) is 17.1. The van der Waals surface area contributed by atoms with E-state index in [-0.39, 0.29) is 42.8 Å². The van der Waals surface area contributed by atoms with Crippen molar-refractivity contribution in [3.05, 3.63) is 0 Å². The van der Waals surface area contributed by atoms with E-state index >= 15 is 0 Å². The van der Waals surface area contributed by atoms with E-state index in [0.717, 1.165) is 26.1 Å². The minimum atomic E-state index is 0. The lowest BCUT2D eigenvalue weighted by Crippen LogP contribution is -2.52. The number of nitrogens with two attached hydrogens (primary N) is 1. The monoisotopic (exact) mass is 369 g/mol. The second-order valence-corrected chi connectivity index (χ2v) is 7.24. The van der Waals surface area contributed by atoms with Crippen LogP contribution < -0.4 is 5.73 Å². The molecule has 0 aromatic heterocycles. The standard InChI is InChI=1S/C17H35N3O.2ClH/c1-13(2)15(18)9-12-19(5)17(21)16(14(3)4)20-10-7-6-8-11-20;;/h13-16H,6-12,18H2,1-5H3;2*1H. The molecule has 1 heterocycles. The van der Waals surface area contributed by atoms with Gasteiger partial charge < -0.3 is 10.6 Å². The Morgan fingerprint density at radius 2 is 1.57 bits per heavy atom. The quantitative estimate of drug-likeness (QED) is 0.749. The number of rotatable bonds is 7. The summed E-state index contributed by atoms with van der Waals surface area (Å²) in [6.45, 7) is 11.5. The zero-order chi connectivity index (χ0) is 16.0. The Hall–Kier alpha value is -0.0300. The Morgan fingerprint density at radius 1 is 1.04 bits per heavy atom. The molecule has 6 heteroatoms. The highest BCUT2D eigenvalue weighted by Gasteiger charge is 2.31. The van der Waals surface area contributed by atoms with E-state index in [2.05, 4.69) is 32.6 Å². The van der Waals surface area contributed by atoms with Crippen LogP contribution in [0.25, 0.3) is 0 Å². The zero-order valence-electron chi connectivity index (χ0n) is 15.5. The van der Waals surface area contributed by atoms with Crippen molar-refractivity contribution in [3.63, 3.8) is 0 Å². The van der Waals surface area contributed by atoms with Crippen LogP contribution in [0.15, 0.2) is 0 Å². The summed E-state index contributed by atoms with van der Waals surface area (Å²) in [6.07, 6.45) is 4.62. The van der Waals surface area contributed by atoms with Gasteiger partial charge in [0.15, 0.2) is 0 Å². The fraction of sp³-hybridized carbons (Fsp3) is 0.941. The Labute approximate surface area is 155 Å². The third-order valence-corrected chi connectivity index (χ3v) is 4.70. The molecule has 1 saturated heterocycles. The molecule has 2 N–H and O–H groups in total. The molecular weight excluding hydrogens is 333 g/mol. The maximum Gasteiger partial charge on any atom is 0.239 e. The van der Waals surface area contributed by atoms with Gasteiger partial charge in [0, 0.05) is 19.6 Å². The Kier molecular flexibility index (Phi) is 13.5. The molecule has 1 aliphatic heterocycles. The summed E-state index contributed by atoms with van der Waals surface area (Å²) in [5.74, 6) is 1.09. The van der Waals surface area contributed by atoms with Gasteiger partial charge in [-0.25, -0.2) is 0 Å². The van der Waals surface area contributed by atoms with Crippen molar-refractivity contribution in [1.82, 2.24) is 9.80 Å². The van der Waals surface area contributed by atoms with Gasteiger partial charge in [-0.2, -0.15) is 0 Å². The molecule has 140 valence electrons. The topological polar surface area (TPSA) is 49.6 Å². The van der Waals surface area contributed by atoms with Crippen molar-refractivity contribution in [2.75, 3.05) is 26.7 Å². The average Bonchev–Trinajstić information content (AvgIpc) is 2.44. The first-order chi connectivity index (χ1) is 9.84. The van der Waals surface area contributed by atoms with E-state index in [9.17, 15) is 4.79 Å². The molecule has 0 spiro atoms. The van der Waals surface area contributed by atoms with Crippen molar-refractivity contribution in [2.24, 2.45) is 17.6 Å². The number of halogens is 2. The molecule has 2 unspecified atom stereocenters. The largest absolute Gasteiger partial charge is 0.344 e. The van der Waals surface area contributed by atoms with Crippen molar-refractivity contribution >= 4 is 30.7 Å². The minimum absolute atomic E-state index is 0. The van der Waals surface area contributed by atoms with Gasteiger partial charge in [-0.05, 0) is 44.2 Å². The second kappa shape index (κ2) is 12.3. The van der Waals surface area contributed by atoms with Gasteiger partial charge in [-0.3, -0.25) is 9.69 Å². The molecular formula is C17H37Cl2N3O. The summed E-state index contributed by atoms with van der Waals surface area (Å²) in [5, 5.41) is 0. The van der Waals surface area contributed by atoms with Crippen molar-refractivity contribution in [2.45, 2.75) is 65.5 Å². The fourth-order valence-electron chi connectivity index (χ4n) is 3.07. The highest BCUT2D eigenvalue weighted by molar-refractivity contribution is 5.85. The summed E-state index contributed by atoms with van der Waals surface area (Å²) in [6, 6.07) is 0.207. The Morgan fingerprint density at radius 3 is 2.00 bits per heavy atom. The number of hydrogen-bond acceptors (Lipinski definition) is 3. The molecule has 0 saturated carbocycles. The summed E-state index contributed by atoms with van der Waals surface area (Å²) in [7, 11) is 1.93. The second-order valence-electron chi connectivity index (χ2n) is 7.24. The first-order valence-electron chi connectivity index (χ1n) is 8.59. The van der Waals surface area contributed by atoms with Crippen molar-refractivity contribution in [1.29, 1.82) is 0 Å². The van der Waals surface area contributed by atoms with Crippen LogP contribution in [0.4, 0.5) is 0 Å². The molecule has 4 nitrogen and oxygen atoms in total. The number of likely N-dealkylation sites (tertiary alicyclic amines) is 1. The summed E-state index contributed by atoms with van der Waals surface area (Å²) in [5.41, 5.74) is 6.10. The number of likely N-dealkylation sites (N-methyl/N-ethyl adjacent to an activating group) is 1. The van der Waals surface area contributed by atoms with Crippen LogP contribution in [0.3, 0.4) is 0 Å². The minimum Gasteiger partial charge on any atom is -0.344 e. The predicted molar refractivity (Wildman–Crippen MR) is 104 cm³/mol. The van der Waals surface area contributed by atoms with Gasteiger partial charge in [-0.1, -0.05) is 34.1 Å². The molecule has 0 radical (unpaired) electrons. The van der Waals surface area contributed by atoms with E-state index < -0.39 is 0 Å². The lowest BCUT2D eigenvalue weighted by Gasteiger charge is -2.38. The Balaban J connectivity index is 0. The molecule has 1 fully saturated rings. The van der Waals surface area contributed by atoms with Crippen LogP contribution in [0.5, 0.6) is 0 Å². The van der Waals surface area contributed by atoms with Gasteiger partial charge in [0.2, 0.25) is 5.91 Å². The van der Waals surface area contributed by atoms with Gasteiger partial charge >= 0.3 is 0 Å². The van der Waals surface area contributed by atoms with Crippen LogP contribution in [0, 0.1) is 11.8 Å². The molecule has 2 atom stereocenters. The molecule has 1 rings (SSSR count). The van der Waals surface area contributed by atoms with Crippen LogP contribution in [-0.2, 0) is 4.79 Å². The lowest BCUT2D eigenvalue weighted by atomic mass is 9.97. The maximum atomic E-state index is 12.8. The van der Waals surface area contributed by atoms with E-state index in [1.807, 2.05) is 11.9 Å². The van der Waals surface area contributed by atoms with Gasteiger partial charge in [0.1, 0.15) is 0 Å². The van der Waals surface area contributed by atoms with E-state index in [4.69, 9.17) is 5.73 Å². The summed E-state index contributed by atoms with van der Waals surface area (Å²) < 4.78 is 0. The highest BCUT2D eigenvalue weighted by Crippen LogP contribution is 2.19. The van der Waals surface area contributed by atoms with Gasteiger partial charge in [-0.15, -0.1) is 24.8 Å². The van der Waals surface area contributed by atoms with Crippen molar-refractivity contribution in [3.8, 4) is 0 Å². The van der Waals surface area contributed by atoms with Crippen LogP contribution in [0.2, 0.25) is 0 Å². The Bertz CT molecular complexity index is 321.